The van der Waals surface area contributed by atoms with Crippen molar-refractivity contribution in [2.24, 2.45) is 0 Å². The van der Waals surface area contributed by atoms with Gasteiger partial charge in [0.25, 0.3) is 0 Å². The van der Waals surface area contributed by atoms with E-state index < -0.39 is 23.6 Å². The molecule has 130 valence electrons. The Hall–Kier alpha value is -2.59. The van der Waals surface area contributed by atoms with Crippen LogP contribution in [0.2, 0.25) is 0 Å². The number of benzene rings is 1. The number of nitrogens with one attached hydrogen (secondary N) is 2. The average molecular weight is 333 g/mol. The van der Waals surface area contributed by atoms with Gasteiger partial charge in [0.05, 0.1) is 19.3 Å². The highest BCUT2D eigenvalue weighted by molar-refractivity contribution is 5.85. The number of nitrogens with zero attached hydrogens (tertiary/aromatic N) is 1. The number of carbonyl (C=O) groups is 2. The molecule has 1 aromatic rings. The zero-order valence-corrected chi connectivity index (χ0v) is 14.2. The molecule has 0 aromatic heterocycles. The minimum absolute atomic E-state index is 0.0363. The summed E-state index contributed by atoms with van der Waals surface area (Å²) in [5.74, 6) is -0.504. The summed E-state index contributed by atoms with van der Waals surface area (Å²) in [6.45, 7) is 5.30. The van der Waals surface area contributed by atoms with Gasteiger partial charge >= 0.3 is 6.09 Å². The fourth-order valence-electron chi connectivity index (χ4n) is 1.75. The van der Waals surface area contributed by atoms with Crippen LogP contribution in [-0.2, 0) is 20.9 Å². The number of nitriles is 1. The summed E-state index contributed by atoms with van der Waals surface area (Å²) in [5.41, 5.74) is 0.272. The minimum Gasteiger partial charge on any atom is -0.444 e. The van der Waals surface area contributed by atoms with Crippen LogP contribution in [0.5, 0.6) is 0 Å². The van der Waals surface area contributed by atoms with Gasteiger partial charge in [-0.25, -0.2) is 4.79 Å². The Bertz CT molecular complexity index is 576. The third-order valence-electron chi connectivity index (χ3n) is 2.75. The fourth-order valence-corrected chi connectivity index (χ4v) is 1.75. The third-order valence-corrected chi connectivity index (χ3v) is 2.75. The van der Waals surface area contributed by atoms with Crippen molar-refractivity contribution in [2.45, 2.75) is 39.0 Å². The van der Waals surface area contributed by atoms with E-state index >= 15 is 0 Å². The predicted molar refractivity (Wildman–Crippen MR) is 87.9 cm³/mol. The van der Waals surface area contributed by atoms with E-state index in [-0.39, 0.29) is 13.2 Å². The Morgan fingerprint density at radius 1 is 1.25 bits per heavy atom. The van der Waals surface area contributed by atoms with Crippen molar-refractivity contribution in [1.29, 1.82) is 5.26 Å². The molecule has 0 aliphatic heterocycles. The van der Waals surface area contributed by atoms with Crippen molar-refractivity contribution >= 4 is 12.0 Å². The van der Waals surface area contributed by atoms with Crippen LogP contribution < -0.4 is 10.6 Å². The van der Waals surface area contributed by atoms with Crippen LogP contribution in [0.15, 0.2) is 30.3 Å². The molecule has 0 fully saturated rings. The molecule has 24 heavy (non-hydrogen) atoms. The molecule has 1 atom stereocenters. The standard InChI is InChI=1S/C17H23N3O4/c1-17(2,3)24-16(22)20-14(15(21)19-10-9-18)12-23-11-13-7-5-4-6-8-13/h4-8,14H,10-12H2,1-3H3,(H,19,21)(H,20,22)/t14-/m0/s1. The van der Waals surface area contributed by atoms with Gasteiger partial charge in [0.1, 0.15) is 18.2 Å². The Morgan fingerprint density at radius 3 is 2.50 bits per heavy atom. The summed E-state index contributed by atoms with van der Waals surface area (Å²) in [4.78, 5) is 23.9. The third kappa shape index (κ3) is 8.15. The van der Waals surface area contributed by atoms with E-state index in [2.05, 4.69) is 10.6 Å². The maximum Gasteiger partial charge on any atom is 0.408 e. The van der Waals surface area contributed by atoms with E-state index in [0.29, 0.717) is 6.61 Å². The van der Waals surface area contributed by atoms with Gasteiger partial charge in [0, 0.05) is 0 Å². The van der Waals surface area contributed by atoms with Crippen molar-refractivity contribution < 1.29 is 19.1 Å². The molecule has 0 saturated heterocycles. The number of carbonyl (C=O) groups excluding carboxylic acids is 2. The molecular formula is C17H23N3O4. The summed E-state index contributed by atoms with van der Waals surface area (Å²) in [6, 6.07) is 10.3. The van der Waals surface area contributed by atoms with E-state index in [1.165, 1.54) is 0 Å². The number of rotatable bonds is 7. The molecule has 0 saturated carbocycles. The first-order chi connectivity index (χ1) is 11.3. The van der Waals surface area contributed by atoms with Gasteiger partial charge in [-0.15, -0.1) is 0 Å². The Balaban J connectivity index is 2.58. The second-order valence-corrected chi connectivity index (χ2v) is 6.08. The zero-order chi connectivity index (χ0) is 18.0. The largest absolute Gasteiger partial charge is 0.444 e. The molecule has 0 radical (unpaired) electrons. The number of alkyl carbamates (subject to hydrolysis) is 1. The molecule has 0 spiro atoms. The Labute approximate surface area is 141 Å². The number of hydrogen-bond donors (Lipinski definition) is 2. The van der Waals surface area contributed by atoms with E-state index in [0.717, 1.165) is 5.56 Å². The Morgan fingerprint density at radius 2 is 1.92 bits per heavy atom. The van der Waals surface area contributed by atoms with Gasteiger partial charge < -0.3 is 20.1 Å². The molecule has 0 aliphatic carbocycles. The average Bonchev–Trinajstić information content (AvgIpc) is 2.51. The second kappa shape index (κ2) is 9.53. The highest BCUT2D eigenvalue weighted by atomic mass is 16.6. The van der Waals surface area contributed by atoms with Gasteiger partial charge in [-0.05, 0) is 26.3 Å². The van der Waals surface area contributed by atoms with Gasteiger partial charge in [-0.3, -0.25) is 4.79 Å². The van der Waals surface area contributed by atoms with Crippen LogP contribution in [0, 0.1) is 11.3 Å². The molecule has 2 N–H and O–H groups in total. The SMILES string of the molecule is CC(C)(C)OC(=O)N[C@@H](COCc1ccccc1)C(=O)NCC#N. The summed E-state index contributed by atoms with van der Waals surface area (Å²) >= 11 is 0. The number of amides is 2. The topological polar surface area (TPSA) is 100 Å². The van der Waals surface area contributed by atoms with Gasteiger partial charge in [-0.1, -0.05) is 30.3 Å². The van der Waals surface area contributed by atoms with Crippen LogP contribution in [0.4, 0.5) is 4.79 Å². The van der Waals surface area contributed by atoms with Crippen LogP contribution in [0.3, 0.4) is 0 Å². The molecule has 0 aliphatic rings. The smallest absolute Gasteiger partial charge is 0.408 e. The summed E-state index contributed by atoms with van der Waals surface area (Å²) in [5, 5.41) is 13.4. The quantitative estimate of drug-likeness (QED) is 0.740. The summed E-state index contributed by atoms with van der Waals surface area (Å²) in [7, 11) is 0. The lowest BCUT2D eigenvalue weighted by molar-refractivity contribution is -0.124. The lowest BCUT2D eigenvalue weighted by atomic mass is 10.2. The van der Waals surface area contributed by atoms with Crippen molar-refractivity contribution in [3.8, 4) is 6.07 Å². The second-order valence-electron chi connectivity index (χ2n) is 6.08. The molecular weight excluding hydrogens is 310 g/mol. The molecule has 0 bridgehead atoms. The molecule has 1 aromatic carbocycles. The summed E-state index contributed by atoms with van der Waals surface area (Å²) < 4.78 is 10.6. The van der Waals surface area contributed by atoms with E-state index in [9.17, 15) is 9.59 Å². The first kappa shape index (κ1) is 19.5. The first-order valence-corrected chi connectivity index (χ1v) is 7.57. The van der Waals surface area contributed by atoms with Gasteiger partial charge in [0.15, 0.2) is 0 Å². The fraction of sp³-hybridized carbons (Fsp3) is 0.471. The van der Waals surface area contributed by atoms with Crippen molar-refractivity contribution in [1.82, 2.24) is 10.6 Å². The van der Waals surface area contributed by atoms with Crippen LogP contribution in [-0.4, -0.2) is 36.8 Å². The van der Waals surface area contributed by atoms with Crippen molar-refractivity contribution in [3.05, 3.63) is 35.9 Å². The molecule has 2 amide bonds. The minimum atomic E-state index is -0.947. The van der Waals surface area contributed by atoms with Gasteiger partial charge in [-0.2, -0.15) is 5.26 Å². The monoisotopic (exact) mass is 333 g/mol. The highest BCUT2D eigenvalue weighted by Crippen LogP contribution is 2.07. The normalized spacial score (nSPS) is 11.9. The molecule has 7 nitrogen and oxygen atoms in total. The lowest BCUT2D eigenvalue weighted by Crippen LogP contribution is -2.50. The van der Waals surface area contributed by atoms with E-state index in [1.54, 1.807) is 20.8 Å². The number of hydrogen-bond acceptors (Lipinski definition) is 5. The molecule has 0 heterocycles. The highest BCUT2D eigenvalue weighted by Gasteiger charge is 2.24. The predicted octanol–water partition coefficient (Wildman–Crippen LogP) is 1.74. The van der Waals surface area contributed by atoms with Crippen molar-refractivity contribution in [2.75, 3.05) is 13.2 Å². The zero-order valence-electron chi connectivity index (χ0n) is 14.2. The van der Waals surface area contributed by atoms with Crippen molar-refractivity contribution in [3.63, 3.8) is 0 Å². The first-order valence-electron chi connectivity index (χ1n) is 7.57. The molecule has 7 heteroatoms. The van der Waals surface area contributed by atoms with E-state index in [1.807, 2.05) is 36.4 Å². The van der Waals surface area contributed by atoms with Crippen LogP contribution in [0.25, 0.3) is 0 Å². The summed E-state index contributed by atoms with van der Waals surface area (Å²) in [6.07, 6.45) is -0.720. The van der Waals surface area contributed by atoms with Crippen LogP contribution >= 0.6 is 0 Å². The van der Waals surface area contributed by atoms with E-state index in [4.69, 9.17) is 14.7 Å². The molecule has 1 rings (SSSR count). The van der Waals surface area contributed by atoms with Gasteiger partial charge in [0.2, 0.25) is 5.91 Å². The van der Waals surface area contributed by atoms with Crippen LogP contribution in [0.1, 0.15) is 26.3 Å². The Kier molecular flexibility index (Phi) is 7.72. The number of ether oxygens (including phenoxy) is 2. The molecule has 0 unspecified atom stereocenters. The lowest BCUT2D eigenvalue weighted by Gasteiger charge is -2.23. The maximum atomic E-state index is 12.0. The maximum absolute atomic E-state index is 12.0.